The molecule has 0 saturated heterocycles. The van der Waals surface area contributed by atoms with E-state index in [9.17, 15) is 4.79 Å². The summed E-state index contributed by atoms with van der Waals surface area (Å²) < 4.78 is 5.60. The summed E-state index contributed by atoms with van der Waals surface area (Å²) >= 11 is 1.73. The zero-order valence-corrected chi connectivity index (χ0v) is 12.9. The zero-order valence-electron chi connectivity index (χ0n) is 12.1. The number of thiophene rings is 1. The third kappa shape index (κ3) is 2.66. The predicted molar refractivity (Wildman–Crippen MR) is 84.2 cm³/mol. The van der Waals surface area contributed by atoms with Gasteiger partial charge >= 0.3 is 0 Å². The third-order valence-corrected chi connectivity index (χ3v) is 4.76. The second-order valence-electron chi connectivity index (χ2n) is 5.05. The van der Waals surface area contributed by atoms with Crippen molar-refractivity contribution in [2.75, 3.05) is 20.2 Å². The van der Waals surface area contributed by atoms with Crippen LogP contribution in [0.4, 0.5) is 0 Å². The smallest absolute Gasteiger partial charge is 0.255 e. The molecule has 1 aliphatic rings. The minimum Gasteiger partial charge on any atom is -0.491 e. The van der Waals surface area contributed by atoms with Gasteiger partial charge in [0.15, 0.2) is 0 Å². The zero-order chi connectivity index (χ0) is 14.8. The van der Waals surface area contributed by atoms with Gasteiger partial charge in [0.25, 0.3) is 5.91 Å². The second-order valence-corrected chi connectivity index (χ2v) is 6.00. The van der Waals surface area contributed by atoms with Crippen LogP contribution in [0, 0.1) is 6.92 Å². The van der Waals surface area contributed by atoms with Crippen LogP contribution in [0.1, 0.15) is 32.4 Å². The van der Waals surface area contributed by atoms with E-state index in [1.54, 1.807) is 11.3 Å². The van der Waals surface area contributed by atoms with Crippen molar-refractivity contribution in [1.29, 1.82) is 0 Å². The molecule has 0 spiro atoms. The number of hydrogen-bond donors (Lipinski definition) is 2. The number of nitrogens with one attached hydrogen (secondary N) is 2. The van der Waals surface area contributed by atoms with Crippen LogP contribution in [0.5, 0.6) is 5.75 Å². The number of carbonyl (C=O) groups is 1. The van der Waals surface area contributed by atoms with Crippen molar-refractivity contribution in [3.63, 3.8) is 0 Å². The minimum absolute atomic E-state index is 0.0675. The molecule has 2 heterocycles. The lowest BCUT2D eigenvalue weighted by molar-refractivity contribution is 0.0957. The van der Waals surface area contributed by atoms with Crippen LogP contribution in [0.25, 0.3) is 0 Å². The summed E-state index contributed by atoms with van der Waals surface area (Å²) in [6.45, 7) is 3.16. The highest BCUT2D eigenvalue weighted by atomic mass is 32.1. The molecule has 2 aromatic rings. The molecular formula is C16H18N2O2S. The lowest BCUT2D eigenvalue weighted by Gasteiger charge is -2.18. The van der Waals surface area contributed by atoms with Crippen LogP contribution in [0.2, 0.25) is 0 Å². The van der Waals surface area contributed by atoms with Crippen LogP contribution >= 0.6 is 11.3 Å². The molecule has 0 aliphatic carbocycles. The quantitative estimate of drug-likeness (QED) is 0.916. The van der Waals surface area contributed by atoms with E-state index in [4.69, 9.17) is 4.74 Å². The first-order valence-electron chi connectivity index (χ1n) is 6.97. The Morgan fingerprint density at radius 2 is 2.24 bits per heavy atom. The first kappa shape index (κ1) is 14.1. The van der Waals surface area contributed by atoms with Crippen LogP contribution in [0.3, 0.4) is 0 Å². The van der Waals surface area contributed by atoms with Crippen molar-refractivity contribution < 1.29 is 9.53 Å². The Kier molecular flexibility index (Phi) is 3.94. The minimum atomic E-state index is -0.0675. The maximum atomic E-state index is 12.1. The lowest BCUT2D eigenvalue weighted by atomic mass is 10.00. The molecule has 21 heavy (non-hydrogen) atoms. The summed E-state index contributed by atoms with van der Waals surface area (Å²) in [5, 5.41) is 8.28. The Labute approximate surface area is 128 Å². The van der Waals surface area contributed by atoms with Gasteiger partial charge in [-0.1, -0.05) is 6.07 Å². The van der Waals surface area contributed by atoms with Crippen molar-refractivity contribution in [3.8, 4) is 5.75 Å². The van der Waals surface area contributed by atoms with E-state index in [-0.39, 0.29) is 11.9 Å². The van der Waals surface area contributed by atoms with Gasteiger partial charge in [-0.2, -0.15) is 0 Å². The number of fused-ring (bicyclic) bond motifs is 1. The fourth-order valence-corrected chi connectivity index (χ4v) is 3.64. The first-order chi connectivity index (χ1) is 10.2. The molecule has 0 saturated carbocycles. The van der Waals surface area contributed by atoms with Gasteiger partial charge in [-0.25, -0.2) is 0 Å². The summed E-state index contributed by atoms with van der Waals surface area (Å²) in [6, 6.07) is 8.05. The number of amides is 1. The normalized spacial score (nSPS) is 15.6. The highest BCUT2D eigenvalue weighted by Gasteiger charge is 2.21. The largest absolute Gasteiger partial charge is 0.491 e. The van der Waals surface area contributed by atoms with Crippen molar-refractivity contribution >= 4 is 17.2 Å². The van der Waals surface area contributed by atoms with E-state index in [1.165, 1.54) is 10.4 Å². The number of rotatable bonds is 3. The molecule has 0 radical (unpaired) electrons. The second kappa shape index (κ2) is 5.87. The average Bonchev–Trinajstić information content (AvgIpc) is 2.82. The Morgan fingerprint density at radius 3 is 2.95 bits per heavy atom. The van der Waals surface area contributed by atoms with E-state index in [1.807, 2.05) is 25.2 Å². The van der Waals surface area contributed by atoms with Crippen LogP contribution < -0.4 is 15.4 Å². The monoisotopic (exact) mass is 302 g/mol. The lowest BCUT2D eigenvalue weighted by Crippen LogP contribution is -2.24. The van der Waals surface area contributed by atoms with Crippen molar-refractivity contribution in [3.05, 3.63) is 51.2 Å². The third-order valence-electron chi connectivity index (χ3n) is 3.68. The van der Waals surface area contributed by atoms with Gasteiger partial charge in [-0.05, 0) is 48.7 Å². The van der Waals surface area contributed by atoms with Gasteiger partial charge in [0.1, 0.15) is 12.4 Å². The molecule has 0 fully saturated rings. The highest BCUT2D eigenvalue weighted by molar-refractivity contribution is 7.10. The summed E-state index contributed by atoms with van der Waals surface area (Å²) in [4.78, 5) is 13.4. The molecule has 1 atom stereocenters. The Balaban J connectivity index is 2.02. The molecule has 1 aromatic heterocycles. The molecule has 1 aliphatic heterocycles. The van der Waals surface area contributed by atoms with E-state index >= 15 is 0 Å². The summed E-state index contributed by atoms with van der Waals surface area (Å²) in [7, 11) is 1.94. The van der Waals surface area contributed by atoms with Gasteiger partial charge in [0, 0.05) is 4.88 Å². The van der Waals surface area contributed by atoms with E-state index in [2.05, 4.69) is 29.0 Å². The summed E-state index contributed by atoms with van der Waals surface area (Å²) in [6.07, 6.45) is 0. The fraction of sp³-hybridized carbons (Fsp3) is 0.312. The van der Waals surface area contributed by atoms with E-state index < -0.39 is 0 Å². The maximum absolute atomic E-state index is 12.1. The molecule has 3 rings (SSSR count). The van der Waals surface area contributed by atoms with Gasteiger partial charge in [0.05, 0.1) is 18.2 Å². The van der Waals surface area contributed by atoms with E-state index in [0.29, 0.717) is 24.5 Å². The van der Waals surface area contributed by atoms with Gasteiger partial charge in [-0.3, -0.25) is 4.79 Å². The number of benzene rings is 1. The molecule has 0 bridgehead atoms. The highest BCUT2D eigenvalue weighted by Crippen LogP contribution is 2.32. The van der Waals surface area contributed by atoms with E-state index in [0.717, 1.165) is 5.56 Å². The van der Waals surface area contributed by atoms with Crippen LogP contribution in [-0.2, 0) is 0 Å². The Hall–Kier alpha value is -1.85. The topological polar surface area (TPSA) is 50.4 Å². The average molecular weight is 302 g/mol. The standard InChI is InChI=1S/C16H18N2O2S/c1-10-5-8-21-15(10)14(17-2)11-3-4-13-12(9-11)16(19)18-6-7-20-13/h3-5,8-9,14,17H,6-7H2,1-2H3,(H,18,19). The fourth-order valence-electron chi connectivity index (χ4n) is 2.58. The first-order valence-corrected chi connectivity index (χ1v) is 7.85. The number of ether oxygens (including phenoxy) is 1. The van der Waals surface area contributed by atoms with Gasteiger partial charge < -0.3 is 15.4 Å². The van der Waals surface area contributed by atoms with Crippen LogP contribution in [0.15, 0.2) is 29.6 Å². The van der Waals surface area contributed by atoms with Crippen molar-refractivity contribution in [2.24, 2.45) is 0 Å². The number of hydrogen-bond acceptors (Lipinski definition) is 4. The molecule has 110 valence electrons. The van der Waals surface area contributed by atoms with Gasteiger partial charge in [0.2, 0.25) is 0 Å². The number of carbonyl (C=O) groups excluding carboxylic acids is 1. The van der Waals surface area contributed by atoms with Crippen LogP contribution in [-0.4, -0.2) is 26.1 Å². The molecular weight excluding hydrogens is 284 g/mol. The van der Waals surface area contributed by atoms with Crippen molar-refractivity contribution in [2.45, 2.75) is 13.0 Å². The van der Waals surface area contributed by atoms with Crippen molar-refractivity contribution in [1.82, 2.24) is 10.6 Å². The molecule has 5 heteroatoms. The molecule has 4 nitrogen and oxygen atoms in total. The summed E-state index contributed by atoms with van der Waals surface area (Å²) in [5.74, 6) is 0.591. The number of aryl methyl sites for hydroxylation is 1. The molecule has 1 amide bonds. The maximum Gasteiger partial charge on any atom is 0.255 e. The SMILES string of the molecule is CNC(c1ccc2c(c1)C(=O)NCCO2)c1sccc1C. The molecule has 1 unspecified atom stereocenters. The summed E-state index contributed by atoms with van der Waals surface area (Å²) in [5.41, 5.74) is 2.94. The Morgan fingerprint density at radius 1 is 1.38 bits per heavy atom. The predicted octanol–water partition coefficient (Wildman–Crippen LogP) is 2.49. The van der Waals surface area contributed by atoms with Gasteiger partial charge in [-0.15, -0.1) is 11.3 Å². The molecule has 1 aromatic carbocycles. The Bertz CT molecular complexity index is 666. The molecule has 2 N–H and O–H groups in total.